The van der Waals surface area contributed by atoms with Gasteiger partial charge in [-0.2, -0.15) is 5.26 Å². The number of piperazine rings is 1. The average molecular weight is 397 g/mol. The van der Waals surface area contributed by atoms with E-state index in [0.717, 1.165) is 38.5 Å². The Kier molecular flexibility index (Phi) is 6.02. The van der Waals surface area contributed by atoms with Gasteiger partial charge in [0.15, 0.2) is 0 Å². The van der Waals surface area contributed by atoms with E-state index >= 15 is 0 Å². The fourth-order valence-corrected chi connectivity index (χ4v) is 3.58. The van der Waals surface area contributed by atoms with Crippen LogP contribution in [-0.4, -0.2) is 42.0 Å². The second-order valence-electron chi connectivity index (χ2n) is 7.30. The van der Waals surface area contributed by atoms with Crippen molar-refractivity contribution in [2.24, 2.45) is 0 Å². The topological polar surface area (TPSA) is 72.3 Å². The van der Waals surface area contributed by atoms with Gasteiger partial charge in [0.25, 0.3) is 5.91 Å². The highest BCUT2D eigenvalue weighted by Gasteiger charge is 2.19. The van der Waals surface area contributed by atoms with Gasteiger partial charge in [-0.1, -0.05) is 36.4 Å². The molecule has 0 aliphatic carbocycles. The SMILES string of the molecule is N#Cc1cccc(NC(=O)c2ccnc(N3CCN(Cc4ccccc4)CC3)c2)c1. The van der Waals surface area contributed by atoms with E-state index in [-0.39, 0.29) is 5.91 Å². The monoisotopic (exact) mass is 397 g/mol. The van der Waals surface area contributed by atoms with Gasteiger partial charge < -0.3 is 10.2 Å². The van der Waals surface area contributed by atoms with Crippen molar-refractivity contribution in [3.05, 3.63) is 89.6 Å². The molecule has 3 aromatic rings. The maximum atomic E-state index is 12.7. The maximum Gasteiger partial charge on any atom is 0.255 e. The van der Waals surface area contributed by atoms with Crippen molar-refractivity contribution in [2.75, 3.05) is 36.4 Å². The van der Waals surface area contributed by atoms with Crippen molar-refractivity contribution < 1.29 is 4.79 Å². The molecule has 2 aromatic carbocycles. The van der Waals surface area contributed by atoms with Crippen molar-refractivity contribution in [1.29, 1.82) is 5.26 Å². The molecule has 1 N–H and O–H groups in total. The van der Waals surface area contributed by atoms with Gasteiger partial charge in [0.1, 0.15) is 5.82 Å². The lowest BCUT2D eigenvalue weighted by Crippen LogP contribution is -2.46. The molecule has 6 nitrogen and oxygen atoms in total. The molecule has 0 bridgehead atoms. The Morgan fingerprint density at radius 3 is 2.57 bits per heavy atom. The van der Waals surface area contributed by atoms with E-state index in [1.54, 1.807) is 36.5 Å². The Morgan fingerprint density at radius 1 is 1.00 bits per heavy atom. The van der Waals surface area contributed by atoms with E-state index < -0.39 is 0 Å². The van der Waals surface area contributed by atoms with E-state index in [1.165, 1.54) is 5.56 Å². The lowest BCUT2D eigenvalue weighted by Gasteiger charge is -2.35. The molecule has 1 amide bonds. The Hall–Kier alpha value is -3.69. The molecule has 1 fully saturated rings. The number of rotatable bonds is 5. The van der Waals surface area contributed by atoms with Gasteiger partial charge in [-0.3, -0.25) is 9.69 Å². The van der Waals surface area contributed by atoms with Crippen LogP contribution in [0, 0.1) is 11.3 Å². The number of pyridine rings is 1. The molecule has 0 spiro atoms. The zero-order valence-electron chi connectivity index (χ0n) is 16.7. The Morgan fingerprint density at radius 2 is 1.80 bits per heavy atom. The standard InChI is InChI=1S/C24H23N5O/c25-17-20-7-4-8-22(15-20)27-24(30)21-9-10-26-23(16-21)29-13-11-28(12-14-29)18-19-5-2-1-3-6-19/h1-10,15-16H,11-14,18H2,(H,27,30). The third-order valence-corrected chi connectivity index (χ3v) is 5.20. The first-order valence-corrected chi connectivity index (χ1v) is 10.00. The van der Waals surface area contributed by atoms with Crippen LogP contribution in [0.4, 0.5) is 11.5 Å². The van der Waals surface area contributed by atoms with E-state index in [2.05, 4.69) is 50.4 Å². The third kappa shape index (κ3) is 4.83. The first kappa shape index (κ1) is 19.6. The predicted octanol–water partition coefficient (Wildman–Crippen LogP) is 3.53. The zero-order chi connectivity index (χ0) is 20.8. The quantitative estimate of drug-likeness (QED) is 0.713. The van der Waals surface area contributed by atoms with Gasteiger partial charge in [-0.25, -0.2) is 4.98 Å². The van der Waals surface area contributed by atoms with Crippen LogP contribution in [0.2, 0.25) is 0 Å². The number of amides is 1. The molecule has 1 aliphatic rings. The summed E-state index contributed by atoms with van der Waals surface area (Å²) in [7, 11) is 0. The summed E-state index contributed by atoms with van der Waals surface area (Å²) < 4.78 is 0. The molecule has 1 aromatic heterocycles. The molecule has 0 radical (unpaired) electrons. The van der Waals surface area contributed by atoms with Crippen molar-refractivity contribution in [1.82, 2.24) is 9.88 Å². The minimum Gasteiger partial charge on any atom is -0.354 e. The van der Waals surface area contributed by atoms with Crippen LogP contribution in [-0.2, 0) is 6.54 Å². The molecule has 0 unspecified atom stereocenters. The predicted molar refractivity (Wildman–Crippen MR) is 117 cm³/mol. The van der Waals surface area contributed by atoms with Crippen LogP contribution in [0.1, 0.15) is 21.5 Å². The fourth-order valence-electron chi connectivity index (χ4n) is 3.58. The van der Waals surface area contributed by atoms with Crippen LogP contribution < -0.4 is 10.2 Å². The van der Waals surface area contributed by atoms with Gasteiger partial charge in [-0.05, 0) is 35.9 Å². The molecule has 4 rings (SSSR count). The lowest BCUT2D eigenvalue weighted by atomic mass is 10.2. The first-order chi connectivity index (χ1) is 14.7. The second-order valence-corrected chi connectivity index (χ2v) is 7.30. The number of carbonyl (C=O) groups excluding carboxylic acids is 1. The van der Waals surface area contributed by atoms with Gasteiger partial charge >= 0.3 is 0 Å². The van der Waals surface area contributed by atoms with Crippen molar-refractivity contribution in [2.45, 2.75) is 6.54 Å². The molecule has 6 heteroatoms. The highest BCUT2D eigenvalue weighted by Crippen LogP contribution is 2.18. The van der Waals surface area contributed by atoms with E-state index in [4.69, 9.17) is 5.26 Å². The number of hydrogen-bond donors (Lipinski definition) is 1. The van der Waals surface area contributed by atoms with Gasteiger partial charge in [-0.15, -0.1) is 0 Å². The highest BCUT2D eigenvalue weighted by atomic mass is 16.1. The minimum atomic E-state index is -0.212. The lowest BCUT2D eigenvalue weighted by molar-refractivity contribution is 0.102. The van der Waals surface area contributed by atoms with Crippen LogP contribution in [0.25, 0.3) is 0 Å². The Labute approximate surface area is 176 Å². The van der Waals surface area contributed by atoms with E-state index in [0.29, 0.717) is 16.8 Å². The van der Waals surface area contributed by atoms with Gasteiger partial charge in [0.2, 0.25) is 0 Å². The number of nitrogens with zero attached hydrogens (tertiary/aromatic N) is 4. The Balaban J connectivity index is 1.37. The molecule has 0 saturated carbocycles. The molecule has 0 atom stereocenters. The van der Waals surface area contributed by atoms with Crippen molar-refractivity contribution >= 4 is 17.4 Å². The number of hydrogen-bond acceptors (Lipinski definition) is 5. The minimum absolute atomic E-state index is 0.212. The molecule has 1 saturated heterocycles. The van der Waals surface area contributed by atoms with Crippen LogP contribution in [0.3, 0.4) is 0 Å². The molecular formula is C24H23N5O. The summed E-state index contributed by atoms with van der Waals surface area (Å²) in [6, 6.07) is 23.0. The molecular weight excluding hydrogens is 374 g/mol. The summed E-state index contributed by atoms with van der Waals surface area (Å²) in [5, 5.41) is 11.9. The van der Waals surface area contributed by atoms with Crippen LogP contribution in [0.15, 0.2) is 72.9 Å². The number of anilines is 2. The third-order valence-electron chi connectivity index (χ3n) is 5.20. The number of aromatic nitrogens is 1. The first-order valence-electron chi connectivity index (χ1n) is 10.00. The van der Waals surface area contributed by atoms with Crippen LogP contribution in [0.5, 0.6) is 0 Å². The molecule has 1 aliphatic heterocycles. The molecule has 30 heavy (non-hydrogen) atoms. The average Bonchev–Trinajstić information content (AvgIpc) is 2.80. The highest BCUT2D eigenvalue weighted by molar-refractivity contribution is 6.04. The van der Waals surface area contributed by atoms with Crippen molar-refractivity contribution in [3.63, 3.8) is 0 Å². The summed E-state index contributed by atoms with van der Waals surface area (Å²) in [5.74, 6) is 0.601. The largest absolute Gasteiger partial charge is 0.354 e. The van der Waals surface area contributed by atoms with E-state index in [9.17, 15) is 4.79 Å². The van der Waals surface area contributed by atoms with Crippen molar-refractivity contribution in [3.8, 4) is 6.07 Å². The molecule has 150 valence electrons. The number of benzene rings is 2. The Bertz CT molecular complexity index is 1050. The second kappa shape index (κ2) is 9.21. The van der Waals surface area contributed by atoms with Gasteiger partial charge in [0, 0.05) is 50.2 Å². The smallest absolute Gasteiger partial charge is 0.255 e. The van der Waals surface area contributed by atoms with Gasteiger partial charge in [0.05, 0.1) is 11.6 Å². The number of carbonyl (C=O) groups is 1. The van der Waals surface area contributed by atoms with Crippen LogP contribution >= 0.6 is 0 Å². The normalized spacial score (nSPS) is 14.2. The zero-order valence-corrected chi connectivity index (χ0v) is 16.7. The summed E-state index contributed by atoms with van der Waals surface area (Å²) in [5.41, 5.74) is 2.99. The number of nitrogens with one attached hydrogen (secondary N) is 1. The van der Waals surface area contributed by atoms with E-state index in [1.807, 2.05) is 12.1 Å². The molecule has 2 heterocycles. The maximum absolute atomic E-state index is 12.7. The fraction of sp³-hybridized carbons (Fsp3) is 0.208. The summed E-state index contributed by atoms with van der Waals surface area (Å²) in [6.07, 6.45) is 1.67. The summed E-state index contributed by atoms with van der Waals surface area (Å²) in [4.78, 5) is 21.8. The summed E-state index contributed by atoms with van der Waals surface area (Å²) >= 11 is 0. The summed E-state index contributed by atoms with van der Waals surface area (Å²) in [6.45, 7) is 4.60. The number of nitriles is 1.